The van der Waals surface area contributed by atoms with Crippen LogP contribution in [0.25, 0.3) is 0 Å². The molecule has 1 unspecified atom stereocenters. The number of nitrogens with zero attached hydrogens (tertiary/aromatic N) is 2. The molecule has 0 heterocycles. The van der Waals surface area contributed by atoms with Crippen molar-refractivity contribution in [1.82, 2.24) is 9.80 Å². The first-order valence-electron chi connectivity index (χ1n) is 6.83. The molecule has 0 bridgehead atoms. The van der Waals surface area contributed by atoms with Crippen molar-refractivity contribution in [2.45, 2.75) is 25.7 Å². The maximum absolute atomic E-state index is 12.3. The van der Waals surface area contributed by atoms with Crippen LogP contribution >= 0.6 is 0 Å². The van der Waals surface area contributed by atoms with Gasteiger partial charge in [-0.25, -0.2) is 0 Å². The van der Waals surface area contributed by atoms with Gasteiger partial charge >= 0.3 is 6.18 Å². The Morgan fingerprint density at radius 1 is 1.27 bits per heavy atom. The molecule has 0 spiro atoms. The van der Waals surface area contributed by atoms with Crippen molar-refractivity contribution >= 4 is 5.91 Å². The SMILES string of the molecule is Cc1ccccc1CN(C)C(=O)CN(C)CC(O)C(F)(F)F. The minimum atomic E-state index is -4.68. The molecule has 0 aliphatic rings. The molecule has 0 saturated carbocycles. The third-order valence-electron chi connectivity index (χ3n) is 3.36. The molecular formula is C15H21F3N2O2. The van der Waals surface area contributed by atoms with Crippen LogP contribution in [-0.4, -0.2) is 60.3 Å². The summed E-state index contributed by atoms with van der Waals surface area (Å²) >= 11 is 0. The summed E-state index contributed by atoms with van der Waals surface area (Å²) in [7, 11) is 2.97. The van der Waals surface area contributed by atoms with Crippen molar-refractivity contribution < 1.29 is 23.1 Å². The van der Waals surface area contributed by atoms with E-state index in [-0.39, 0.29) is 12.5 Å². The summed E-state index contributed by atoms with van der Waals surface area (Å²) in [4.78, 5) is 14.6. The number of rotatable bonds is 6. The van der Waals surface area contributed by atoms with Crippen LogP contribution in [-0.2, 0) is 11.3 Å². The lowest BCUT2D eigenvalue weighted by Gasteiger charge is -2.25. The van der Waals surface area contributed by atoms with Crippen LogP contribution in [0.5, 0.6) is 0 Å². The molecule has 0 radical (unpaired) electrons. The van der Waals surface area contributed by atoms with Gasteiger partial charge in [0, 0.05) is 20.1 Å². The van der Waals surface area contributed by atoms with Crippen molar-refractivity contribution in [1.29, 1.82) is 0 Å². The summed E-state index contributed by atoms with van der Waals surface area (Å²) < 4.78 is 36.8. The number of carbonyl (C=O) groups is 1. The van der Waals surface area contributed by atoms with Crippen molar-refractivity contribution in [2.75, 3.05) is 27.2 Å². The molecule has 1 aromatic carbocycles. The van der Waals surface area contributed by atoms with Crippen LogP contribution in [0.15, 0.2) is 24.3 Å². The van der Waals surface area contributed by atoms with Gasteiger partial charge in [0.05, 0.1) is 6.54 Å². The van der Waals surface area contributed by atoms with E-state index < -0.39 is 18.8 Å². The van der Waals surface area contributed by atoms with Gasteiger partial charge in [-0.05, 0) is 25.1 Å². The molecule has 1 aromatic rings. The normalized spacial score (nSPS) is 13.3. The lowest BCUT2D eigenvalue weighted by Crippen LogP contribution is -2.43. The minimum absolute atomic E-state index is 0.185. The highest BCUT2D eigenvalue weighted by Gasteiger charge is 2.38. The highest BCUT2D eigenvalue weighted by molar-refractivity contribution is 5.78. The molecule has 124 valence electrons. The Morgan fingerprint density at radius 2 is 1.86 bits per heavy atom. The van der Waals surface area contributed by atoms with E-state index >= 15 is 0 Å². The second-order valence-corrected chi connectivity index (χ2v) is 5.43. The molecule has 0 aromatic heterocycles. The Hall–Kier alpha value is -1.60. The minimum Gasteiger partial charge on any atom is -0.382 e. The van der Waals surface area contributed by atoms with Gasteiger partial charge in [0.2, 0.25) is 5.91 Å². The van der Waals surface area contributed by atoms with Crippen molar-refractivity contribution in [3.05, 3.63) is 35.4 Å². The number of alkyl halides is 3. The topological polar surface area (TPSA) is 43.8 Å². The second kappa shape index (κ2) is 7.60. The zero-order chi connectivity index (χ0) is 16.9. The number of amides is 1. The van der Waals surface area contributed by atoms with E-state index in [1.165, 1.54) is 11.9 Å². The monoisotopic (exact) mass is 318 g/mol. The van der Waals surface area contributed by atoms with E-state index in [4.69, 9.17) is 5.11 Å². The van der Waals surface area contributed by atoms with Gasteiger partial charge in [-0.3, -0.25) is 9.69 Å². The summed E-state index contributed by atoms with van der Waals surface area (Å²) in [5.41, 5.74) is 2.03. The molecule has 1 N–H and O–H groups in total. The highest BCUT2D eigenvalue weighted by Crippen LogP contribution is 2.20. The van der Waals surface area contributed by atoms with E-state index in [2.05, 4.69) is 0 Å². The first-order valence-corrected chi connectivity index (χ1v) is 6.83. The van der Waals surface area contributed by atoms with Gasteiger partial charge in [-0.1, -0.05) is 24.3 Å². The Labute approximate surface area is 128 Å². The van der Waals surface area contributed by atoms with Gasteiger partial charge in [0.1, 0.15) is 0 Å². The lowest BCUT2D eigenvalue weighted by molar-refractivity contribution is -0.207. The maximum atomic E-state index is 12.3. The van der Waals surface area contributed by atoms with Gasteiger partial charge in [0.15, 0.2) is 6.10 Å². The smallest absolute Gasteiger partial charge is 0.382 e. The van der Waals surface area contributed by atoms with Crippen molar-refractivity contribution in [3.63, 3.8) is 0 Å². The van der Waals surface area contributed by atoms with E-state index in [0.29, 0.717) is 6.54 Å². The number of hydrogen-bond donors (Lipinski definition) is 1. The zero-order valence-corrected chi connectivity index (χ0v) is 12.9. The van der Waals surface area contributed by atoms with Crippen molar-refractivity contribution in [3.8, 4) is 0 Å². The van der Waals surface area contributed by atoms with Crippen LogP contribution < -0.4 is 0 Å². The van der Waals surface area contributed by atoms with E-state index in [0.717, 1.165) is 16.0 Å². The largest absolute Gasteiger partial charge is 0.415 e. The van der Waals surface area contributed by atoms with Gasteiger partial charge < -0.3 is 10.0 Å². The molecule has 1 atom stereocenters. The Bertz CT molecular complexity index is 506. The third kappa shape index (κ3) is 5.65. The Morgan fingerprint density at radius 3 is 2.41 bits per heavy atom. The lowest BCUT2D eigenvalue weighted by atomic mass is 10.1. The summed E-state index contributed by atoms with van der Waals surface area (Å²) in [6.45, 7) is 1.50. The van der Waals surface area contributed by atoms with E-state index in [1.54, 1.807) is 7.05 Å². The molecular weight excluding hydrogens is 297 g/mol. The van der Waals surface area contributed by atoms with Gasteiger partial charge in [-0.2, -0.15) is 13.2 Å². The summed E-state index contributed by atoms with van der Waals surface area (Å²) in [6.07, 6.45) is -7.13. The zero-order valence-electron chi connectivity index (χ0n) is 12.9. The summed E-state index contributed by atoms with van der Waals surface area (Å²) in [6, 6.07) is 7.59. The third-order valence-corrected chi connectivity index (χ3v) is 3.36. The van der Waals surface area contributed by atoms with Crippen LogP contribution in [0, 0.1) is 6.92 Å². The second-order valence-electron chi connectivity index (χ2n) is 5.43. The molecule has 0 fully saturated rings. The predicted molar refractivity (Wildman–Crippen MR) is 77.2 cm³/mol. The van der Waals surface area contributed by atoms with E-state index in [1.807, 2.05) is 31.2 Å². The number of hydrogen-bond acceptors (Lipinski definition) is 3. The fourth-order valence-corrected chi connectivity index (χ4v) is 1.95. The number of likely N-dealkylation sites (N-methyl/N-ethyl adjacent to an activating group) is 2. The fourth-order valence-electron chi connectivity index (χ4n) is 1.95. The first kappa shape index (κ1) is 18.4. The van der Waals surface area contributed by atoms with E-state index in [9.17, 15) is 18.0 Å². The molecule has 4 nitrogen and oxygen atoms in total. The Balaban J connectivity index is 2.52. The number of benzene rings is 1. The Kier molecular flexibility index (Phi) is 6.37. The van der Waals surface area contributed by atoms with Crippen LogP contribution in [0.2, 0.25) is 0 Å². The van der Waals surface area contributed by atoms with Crippen molar-refractivity contribution in [2.24, 2.45) is 0 Å². The number of aliphatic hydroxyl groups excluding tert-OH is 1. The van der Waals surface area contributed by atoms with Gasteiger partial charge in [-0.15, -0.1) is 0 Å². The predicted octanol–water partition coefficient (Wildman–Crippen LogP) is 1.81. The molecule has 7 heteroatoms. The average molecular weight is 318 g/mol. The quantitative estimate of drug-likeness (QED) is 0.870. The molecule has 1 amide bonds. The van der Waals surface area contributed by atoms with Crippen LogP contribution in [0.1, 0.15) is 11.1 Å². The maximum Gasteiger partial charge on any atom is 0.415 e. The molecule has 0 aliphatic carbocycles. The number of aliphatic hydroxyl groups is 1. The average Bonchev–Trinajstić information content (AvgIpc) is 2.39. The van der Waals surface area contributed by atoms with Crippen LogP contribution in [0.4, 0.5) is 13.2 Å². The molecule has 0 saturated heterocycles. The van der Waals surface area contributed by atoms with Crippen LogP contribution in [0.3, 0.4) is 0 Å². The summed E-state index contributed by atoms with van der Waals surface area (Å²) in [5.74, 6) is -0.305. The van der Waals surface area contributed by atoms with Gasteiger partial charge in [0.25, 0.3) is 0 Å². The number of halogens is 3. The molecule has 1 rings (SSSR count). The highest BCUT2D eigenvalue weighted by atomic mass is 19.4. The standard InChI is InChI=1S/C15H21F3N2O2/c1-11-6-4-5-7-12(11)8-20(3)14(22)10-19(2)9-13(21)15(16,17)18/h4-7,13,21H,8-10H2,1-3H3. The first-order chi connectivity index (χ1) is 10.1. The molecule has 22 heavy (non-hydrogen) atoms. The summed E-state index contributed by atoms with van der Waals surface area (Å²) in [5, 5.41) is 8.99. The fraction of sp³-hybridized carbons (Fsp3) is 0.533. The number of aryl methyl sites for hydroxylation is 1. The number of carbonyl (C=O) groups excluding carboxylic acids is 1. The molecule has 0 aliphatic heterocycles.